The van der Waals surface area contributed by atoms with Crippen LogP contribution in [-0.2, 0) is 11.1 Å². The van der Waals surface area contributed by atoms with Gasteiger partial charge in [0.15, 0.2) is 11.1 Å². The van der Waals surface area contributed by atoms with Crippen LogP contribution in [0.25, 0.3) is 0 Å². The normalized spacial score (nSPS) is 17.2. The molecule has 0 rings (SSSR count). The van der Waals surface area contributed by atoms with Crippen molar-refractivity contribution in [2.45, 2.75) is 5.37 Å². The summed E-state index contributed by atoms with van der Waals surface area (Å²) in [4.78, 5) is 0. The Morgan fingerprint density at radius 1 is 1.89 bits per heavy atom. The van der Waals surface area contributed by atoms with E-state index in [-0.39, 0.29) is 5.88 Å². The standard InChI is InChI=1S/C3H7ClFNO2S/c4-1-3(6-2-5)9(7)8/h3,6H,1-2H2,(H,7,8). The molecule has 2 unspecified atom stereocenters. The van der Waals surface area contributed by atoms with Gasteiger partial charge in [0.2, 0.25) is 0 Å². The van der Waals surface area contributed by atoms with Gasteiger partial charge in [-0.05, 0) is 0 Å². The molecule has 56 valence electrons. The van der Waals surface area contributed by atoms with Gasteiger partial charge >= 0.3 is 0 Å². The molecular formula is C3H7ClFNO2S. The molecule has 0 spiro atoms. The predicted octanol–water partition coefficient (Wildman–Crippen LogP) is 0.290. The van der Waals surface area contributed by atoms with Crippen molar-refractivity contribution >= 4 is 22.7 Å². The van der Waals surface area contributed by atoms with Gasteiger partial charge in [-0.15, -0.1) is 11.6 Å². The van der Waals surface area contributed by atoms with Crippen molar-refractivity contribution in [1.82, 2.24) is 5.32 Å². The monoisotopic (exact) mass is 175 g/mol. The maximum Gasteiger partial charge on any atom is 0.171 e. The summed E-state index contributed by atoms with van der Waals surface area (Å²) in [6, 6.07) is 0. The molecule has 2 N–H and O–H groups in total. The van der Waals surface area contributed by atoms with Gasteiger partial charge in [0.05, 0.1) is 5.88 Å². The van der Waals surface area contributed by atoms with E-state index in [2.05, 4.69) is 5.32 Å². The minimum atomic E-state index is -2.09. The van der Waals surface area contributed by atoms with Crippen LogP contribution < -0.4 is 5.32 Å². The van der Waals surface area contributed by atoms with Crippen LogP contribution in [0.2, 0.25) is 0 Å². The summed E-state index contributed by atoms with van der Waals surface area (Å²) in [6.45, 7) is -0.844. The maximum atomic E-state index is 11.4. The van der Waals surface area contributed by atoms with E-state index in [0.717, 1.165) is 0 Å². The van der Waals surface area contributed by atoms with Gasteiger partial charge in [-0.25, -0.2) is 8.60 Å². The molecule has 0 aliphatic carbocycles. The third kappa shape index (κ3) is 3.80. The summed E-state index contributed by atoms with van der Waals surface area (Å²) >= 11 is 3.07. The molecule has 0 aliphatic rings. The highest BCUT2D eigenvalue weighted by molar-refractivity contribution is 7.79. The van der Waals surface area contributed by atoms with Gasteiger partial charge in [0, 0.05) is 0 Å². The van der Waals surface area contributed by atoms with E-state index in [0.29, 0.717) is 0 Å². The highest BCUT2D eigenvalue weighted by Crippen LogP contribution is 1.91. The Bertz CT molecular complexity index is 104. The van der Waals surface area contributed by atoms with E-state index >= 15 is 0 Å². The molecule has 0 saturated carbocycles. The second-order valence-corrected chi connectivity index (χ2v) is 2.69. The first-order valence-electron chi connectivity index (χ1n) is 2.17. The van der Waals surface area contributed by atoms with Crippen LogP contribution in [-0.4, -0.2) is 26.8 Å². The van der Waals surface area contributed by atoms with Gasteiger partial charge in [-0.3, -0.25) is 5.32 Å². The Balaban J connectivity index is 3.54. The molecule has 9 heavy (non-hydrogen) atoms. The Hall–Kier alpha value is 0.290. The molecule has 6 heteroatoms. The Morgan fingerprint density at radius 2 is 2.44 bits per heavy atom. The first kappa shape index (κ1) is 9.29. The first-order valence-corrected chi connectivity index (χ1v) is 3.87. The molecule has 3 nitrogen and oxygen atoms in total. The average Bonchev–Trinajstić information content (AvgIpc) is 1.82. The van der Waals surface area contributed by atoms with E-state index < -0.39 is 23.3 Å². The fourth-order valence-electron chi connectivity index (χ4n) is 0.266. The average molecular weight is 176 g/mol. The zero-order valence-corrected chi connectivity index (χ0v) is 6.08. The maximum absolute atomic E-state index is 11.4. The first-order chi connectivity index (χ1) is 4.22. The van der Waals surface area contributed by atoms with Gasteiger partial charge in [-0.2, -0.15) is 0 Å². The minimum Gasteiger partial charge on any atom is -0.305 e. The molecule has 0 heterocycles. The van der Waals surface area contributed by atoms with E-state index in [1.807, 2.05) is 0 Å². The molecule has 0 aromatic carbocycles. The lowest BCUT2D eigenvalue weighted by molar-refractivity contribution is 0.413. The molecule has 0 saturated heterocycles. The smallest absolute Gasteiger partial charge is 0.171 e. The quantitative estimate of drug-likeness (QED) is 0.367. The van der Waals surface area contributed by atoms with Gasteiger partial charge in [0.1, 0.15) is 12.2 Å². The van der Waals surface area contributed by atoms with Crippen molar-refractivity contribution in [3.8, 4) is 0 Å². The van der Waals surface area contributed by atoms with E-state index in [4.69, 9.17) is 16.2 Å². The van der Waals surface area contributed by atoms with Gasteiger partial charge < -0.3 is 4.55 Å². The molecule has 0 fully saturated rings. The second-order valence-electron chi connectivity index (χ2n) is 1.26. The number of alkyl halides is 2. The van der Waals surface area contributed by atoms with Crippen LogP contribution in [0.1, 0.15) is 0 Å². The Morgan fingerprint density at radius 3 is 2.56 bits per heavy atom. The van der Waals surface area contributed by atoms with Crippen molar-refractivity contribution in [3.05, 3.63) is 0 Å². The van der Waals surface area contributed by atoms with Gasteiger partial charge in [-0.1, -0.05) is 0 Å². The van der Waals surface area contributed by atoms with Crippen molar-refractivity contribution in [1.29, 1.82) is 0 Å². The number of hydrogen-bond donors (Lipinski definition) is 2. The van der Waals surface area contributed by atoms with Crippen LogP contribution in [0, 0.1) is 0 Å². The van der Waals surface area contributed by atoms with Crippen molar-refractivity contribution in [2.24, 2.45) is 0 Å². The van der Waals surface area contributed by atoms with Crippen molar-refractivity contribution < 1.29 is 13.2 Å². The lowest BCUT2D eigenvalue weighted by atomic mass is 10.7. The Labute approximate surface area is 59.9 Å². The van der Waals surface area contributed by atoms with Crippen molar-refractivity contribution in [3.63, 3.8) is 0 Å². The van der Waals surface area contributed by atoms with Crippen LogP contribution in [0.15, 0.2) is 0 Å². The summed E-state index contributed by atoms with van der Waals surface area (Å²) in [7, 11) is 0. The lowest BCUT2D eigenvalue weighted by Crippen LogP contribution is -2.33. The molecule has 0 amide bonds. The third-order valence-electron chi connectivity index (χ3n) is 0.688. The molecular weight excluding hydrogens is 169 g/mol. The lowest BCUT2D eigenvalue weighted by Gasteiger charge is -2.06. The molecule has 0 aromatic rings. The molecule has 2 atom stereocenters. The van der Waals surface area contributed by atoms with E-state index in [1.165, 1.54) is 0 Å². The Kier molecular flexibility index (Phi) is 5.27. The summed E-state index contributed by atoms with van der Waals surface area (Å²) < 4.78 is 29.8. The van der Waals surface area contributed by atoms with Crippen LogP contribution >= 0.6 is 11.6 Å². The van der Waals surface area contributed by atoms with Crippen LogP contribution in [0.4, 0.5) is 4.39 Å². The molecule has 0 radical (unpaired) electrons. The van der Waals surface area contributed by atoms with Crippen molar-refractivity contribution in [2.75, 3.05) is 12.7 Å². The number of hydrogen-bond acceptors (Lipinski definition) is 2. The molecule has 0 aliphatic heterocycles. The van der Waals surface area contributed by atoms with E-state index in [9.17, 15) is 8.60 Å². The minimum absolute atomic E-state index is 0.0764. The summed E-state index contributed by atoms with van der Waals surface area (Å²) in [6.07, 6.45) is 0. The summed E-state index contributed by atoms with van der Waals surface area (Å²) in [5.74, 6) is -0.0764. The van der Waals surface area contributed by atoms with Crippen LogP contribution in [0.3, 0.4) is 0 Å². The predicted molar refractivity (Wildman–Crippen MR) is 34.4 cm³/mol. The topological polar surface area (TPSA) is 49.3 Å². The number of rotatable bonds is 4. The fourth-order valence-corrected chi connectivity index (χ4v) is 1.01. The summed E-state index contributed by atoms with van der Waals surface area (Å²) in [5.41, 5.74) is 0. The highest BCUT2D eigenvalue weighted by Gasteiger charge is 2.10. The fraction of sp³-hybridized carbons (Fsp3) is 1.00. The molecule has 0 aromatic heterocycles. The largest absolute Gasteiger partial charge is 0.305 e. The van der Waals surface area contributed by atoms with E-state index in [1.54, 1.807) is 0 Å². The number of halogens is 2. The summed E-state index contributed by atoms with van der Waals surface area (Å²) in [5, 5.41) is 1.22. The van der Waals surface area contributed by atoms with Crippen LogP contribution in [0.5, 0.6) is 0 Å². The van der Waals surface area contributed by atoms with Gasteiger partial charge in [0.25, 0.3) is 0 Å². The second kappa shape index (κ2) is 5.10. The SMILES string of the molecule is O=S(O)C(CCl)NCF. The highest BCUT2D eigenvalue weighted by atomic mass is 35.5. The zero-order valence-electron chi connectivity index (χ0n) is 4.51. The third-order valence-corrected chi connectivity index (χ3v) is 2.00. The molecule has 0 bridgehead atoms. The zero-order chi connectivity index (χ0) is 7.28. The number of nitrogens with one attached hydrogen (secondary N) is 1.